The van der Waals surface area contributed by atoms with Crippen molar-refractivity contribution >= 4 is 12.1 Å². The number of nitrogens with zero attached hydrogens (tertiary/aromatic N) is 1. The molecule has 18 heavy (non-hydrogen) atoms. The molecule has 0 aromatic heterocycles. The van der Waals surface area contributed by atoms with Crippen molar-refractivity contribution in [3.05, 3.63) is 0 Å². The molecule has 2 atom stereocenters. The second-order valence-electron chi connectivity index (χ2n) is 5.35. The summed E-state index contributed by atoms with van der Waals surface area (Å²) in [6.07, 6.45) is -0.522. The lowest BCUT2D eigenvalue weighted by Crippen LogP contribution is -2.48. The molecular weight excluding hydrogens is 238 g/mol. The first-order chi connectivity index (χ1) is 8.26. The number of carbonyl (C=O) groups is 2. The fourth-order valence-electron chi connectivity index (χ4n) is 1.95. The molecule has 1 fully saturated rings. The third-order valence-corrected chi connectivity index (χ3v) is 2.73. The number of aliphatic hydroxyl groups excluding tert-OH is 1. The molecule has 0 spiro atoms. The average Bonchev–Trinajstić information content (AvgIpc) is 2.73. The van der Waals surface area contributed by atoms with E-state index in [1.54, 1.807) is 20.8 Å². The van der Waals surface area contributed by atoms with Gasteiger partial charge in [-0.15, -0.1) is 0 Å². The average molecular weight is 259 g/mol. The number of hydrogen-bond acceptors (Lipinski definition) is 5. The van der Waals surface area contributed by atoms with Gasteiger partial charge in [-0.2, -0.15) is 0 Å². The third kappa shape index (κ3) is 3.60. The number of methoxy groups -OCH3 is 1. The zero-order chi connectivity index (χ0) is 13.9. The van der Waals surface area contributed by atoms with E-state index >= 15 is 0 Å². The highest BCUT2D eigenvalue weighted by Gasteiger charge is 2.39. The van der Waals surface area contributed by atoms with Gasteiger partial charge in [-0.1, -0.05) is 0 Å². The minimum absolute atomic E-state index is 0.480. The van der Waals surface area contributed by atoms with E-state index < -0.39 is 29.8 Å². The first-order valence-electron chi connectivity index (χ1n) is 6.02. The van der Waals surface area contributed by atoms with Crippen molar-refractivity contribution in [2.75, 3.05) is 13.7 Å². The highest BCUT2D eigenvalue weighted by atomic mass is 16.6. The Labute approximate surface area is 107 Å². The first-order valence-corrected chi connectivity index (χ1v) is 6.02. The number of ether oxygens (including phenoxy) is 2. The highest BCUT2D eigenvalue weighted by Crippen LogP contribution is 2.23. The van der Waals surface area contributed by atoms with E-state index in [-0.39, 0.29) is 0 Å². The summed E-state index contributed by atoms with van der Waals surface area (Å²) >= 11 is 0. The molecule has 1 rings (SSSR count). The summed E-state index contributed by atoms with van der Waals surface area (Å²) in [5.74, 6) is -0.726. The van der Waals surface area contributed by atoms with Crippen molar-refractivity contribution in [3.8, 4) is 0 Å². The minimum Gasteiger partial charge on any atom is -0.467 e. The van der Waals surface area contributed by atoms with Crippen molar-refractivity contribution in [3.63, 3.8) is 0 Å². The number of aliphatic hydroxyl groups is 1. The molecule has 1 unspecified atom stereocenters. The van der Waals surface area contributed by atoms with Crippen molar-refractivity contribution in [2.45, 2.75) is 51.4 Å². The van der Waals surface area contributed by atoms with Crippen LogP contribution in [0, 0.1) is 0 Å². The molecule has 1 amide bonds. The third-order valence-electron chi connectivity index (χ3n) is 2.73. The maximum absolute atomic E-state index is 11.9. The van der Waals surface area contributed by atoms with Crippen LogP contribution in [0.2, 0.25) is 0 Å². The molecule has 1 N–H and O–H groups in total. The van der Waals surface area contributed by atoms with Crippen LogP contribution in [0.15, 0.2) is 0 Å². The summed E-state index contributed by atoms with van der Waals surface area (Å²) in [4.78, 5) is 24.6. The zero-order valence-electron chi connectivity index (χ0n) is 11.3. The molecular formula is C12H21NO5. The summed E-state index contributed by atoms with van der Waals surface area (Å²) in [6, 6.07) is -0.563. The predicted octanol–water partition coefficient (Wildman–Crippen LogP) is 0.920. The standard InChI is InChI=1S/C12H21NO5/c1-12(2,3)18-11(16)13-7-5-6-8(13)9(14)10(15)17-4/h8-9,14H,5-7H2,1-4H3/t8-,9?/m0/s1. The SMILES string of the molecule is COC(=O)C(O)[C@@H]1CCCN1C(=O)OC(C)(C)C. The van der Waals surface area contributed by atoms with Crippen molar-refractivity contribution in [2.24, 2.45) is 0 Å². The summed E-state index contributed by atoms with van der Waals surface area (Å²) in [5.41, 5.74) is -0.597. The number of hydrogen-bond donors (Lipinski definition) is 1. The van der Waals surface area contributed by atoms with Crippen LogP contribution in [-0.4, -0.2) is 53.5 Å². The maximum Gasteiger partial charge on any atom is 0.410 e. The van der Waals surface area contributed by atoms with Gasteiger partial charge < -0.3 is 19.5 Å². The van der Waals surface area contributed by atoms with Gasteiger partial charge in [-0.3, -0.25) is 0 Å². The summed E-state index contributed by atoms with van der Waals surface area (Å²) in [6.45, 7) is 5.79. The summed E-state index contributed by atoms with van der Waals surface area (Å²) in [5, 5.41) is 9.81. The summed E-state index contributed by atoms with van der Waals surface area (Å²) < 4.78 is 9.72. The first kappa shape index (κ1) is 14.8. The van der Waals surface area contributed by atoms with E-state index in [0.29, 0.717) is 13.0 Å². The van der Waals surface area contributed by atoms with Crippen LogP contribution in [0.5, 0.6) is 0 Å². The summed E-state index contributed by atoms with van der Waals surface area (Å²) in [7, 11) is 1.21. The topological polar surface area (TPSA) is 76.1 Å². The molecule has 1 aliphatic rings. The van der Waals surface area contributed by atoms with Crippen LogP contribution in [0.4, 0.5) is 4.79 Å². The van der Waals surface area contributed by atoms with E-state index in [0.717, 1.165) is 6.42 Å². The van der Waals surface area contributed by atoms with Gasteiger partial charge in [0.2, 0.25) is 0 Å². The Balaban J connectivity index is 2.70. The maximum atomic E-state index is 11.9. The Bertz CT molecular complexity index is 323. The van der Waals surface area contributed by atoms with Crippen LogP contribution >= 0.6 is 0 Å². The van der Waals surface area contributed by atoms with Gasteiger partial charge in [0.1, 0.15) is 5.60 Å². The van der Waals surface area contributed by atoms with Gasteiger partial charge in [0, 0.05) is 6.54 Å². The van der Waals surface area contributed by atoms with Crippen LogP contribution in [0.25, 0.3) is 0 Å². The lowest BCUT2D eigenvalue weighted by Gasteiger charge is -2.30. The minimum atomic E-state index is -1.31. The molecule has 0 bridgehead atoms. The Kier molecular flexibility index (Phi) is 4.56. The van der Waals surface area contributed by atoms with Gasteiger partial charge in [0.25, 0.3) is 0 Å². The molecule has 1 heterocycles. The molecule has 104 valence electrons. The highest BCUT2D eigenvalue weighted by molar-refractivity contribution is 5.77. The number of amides is 1. The molecule has 0 saturated carbocycles. The predicted molar refractivity (Wildman–Crippen MR) is 64.0 cm³/mol. The monoisotopic (exact) mass is 259 g/mol. The van der Waals surface area contributed by atoms with E-state index in [4.69, 9.17) is 4.74 Å². The Hall–Kier alpha value is -1.30. The second kappa shape index (κ2) is 5.56. The van der Waals surface area contributed by atoms with Gasteiger partial charge in [-0.25, -0.2) is 9.59 Å². The lowest BCUT2D eigenvalue weighted by atomic mass is 10.1. The fraction of sp³-hybridized carbons (Fsp3) is 0.833. The van der Waals surface area contributed by atoms with Gasteiger partial charge in [-0.05, 0) is 33.6 Å². The van der Waals surface area contributed by atoms with E-state index in [1.807, 2.05) is 0 Å². The van der Waals surface area contributed by atoms with Gasteiger partial charge >= 0.3 is 12.1 Å². The van der Waals surface area contributed by atoms with Crippen LogP contribution in [0.3, 0.4) is 0 Å². The number of likely N-dealkylation sites (tertiary alicyclic amines) is 1. The van der Waals surface area contributed by atoms with E-state index in [1.165, 1.54) is 12.0 Å². The molecule has 1 aliphatic heterocycles. The Morgan fingerprint density at radius 2 is 2.00 bits per heavy atom. The van der Waals surface area contributed by atoms with Crippen molar-refractivity contribution < 1.29 is 24.2 Å². The molecule has 0 aliphatic carbocycles. The number of carbonyl (C=O) groups excluding carboxylic acids is 2. The normalized spacial score (nSPS) is 21.6. The molecule has 0 aromatic carbocycles. The van der Waals surface area contributed by atoms with Gasteiger partial charge in [0.15, 0.2) is 6.10 Å². The molecule has 6 heteroatoms. The van der Waals surface area contributed by atoms with Crippen LogP contribution in [0.1, 0.15) is 33.6 Å². The fourth-order valence-corrected chi connectivity index (χ4v) is 1.95. The van der Waals surface area contributed by atoms with Crippen molar-refractivity contribution in [1.82, 2.24) is 4.90 Å². The molecule has 6 nitrogen and oxygen atoms in total. The van der Waals surface area contributed by atoms with Crippen LogP contribution in [-0.2, 0) is 14.3 Å². The molecule has 0 aromatic rings. The quantitative estimate of drug-likeness (QED) is 0.746. The molecule has 1 saturated heterocycles. The number of esters is 1. The smallest absolute Gasteiger partial charge is 0.410 e. The molecule has 0 radical (unpaired) electrons. The number of rotatable bonds is 2. The largest absolute Gasteiger partial charge is 0.467 e. The van der Waals surface area contributed by atoms with Crippen LogP contribution < -0.4 is 0 Å². The lowest BCUT2D eigenvalue weighted by molar-refractivity contribution is -0.153. The van der Waals surface area contributed by atoms with E-state index in [9.17, 15) is 14.7 Å². The Morgan fingerprint density at radius 3 is 2.50 bits per heavy atom. The van der Waals surface area contributed by atoms with Crippen molar-refractivity contribution in [1.29, 1.82) is 0 Å². The Morgan fingerprint density at radius 1 is 1.39 bits per heavy atom. The second-order valence-corrected chi connectivity index (χ2v) is 5.35. The zero-order valence-corrected chi connectivity index (χ0v) is 11.3. The van der Waals surface area contributed by atoms with Gasteiger partial charge in [0.05, 0.1) is 13.2 Å². The van der Waals surface area contributed by atoms with E-state index in [2.05, 4.69) is 4.74 Å².